The highest BCUT2D eigenvalue weighted by Gasteiger charge is 2.51. The lowest BCUT2D eigenvalue weighted by molar-refractivity contribution is -0.181. The Morgan fingerprint density at radius 2 is 2.11 bits per heavy atom. The van der Waals surface area contributed by atoms with Crippen LogP contribution in [0.1, 0.15) is 40.0 Å². The van der Waals surface area contributed by atoms with Gasteiger partial charge in [-0.15, -0.1) is 0 Å². The summed E-state index contributed by atoms with van der Waals surface area (Å²) in [6.45, 7) is 7.77. The van der Waals surface area contributed by atoms with Gasteiger partial charge in [0.05, 0.1) is 24.4 Å². The maximum absolute atomic E-state index is 10.5. The minimum absolute atomic E-state index is 0.113. The fourth-order valence-corrected chi connectivity index (χ4v) is 3.86. The van der Waals surface area contributed by atoms with Crippen LogP contribution in [0.2, 0.25) is 0 Å². The summed E-state index contributed by atoms with van der Waals surface area (Å²) in [5.41, 5.74) is 0.637. The second-order valence-electron chi connectivity index (χ2n) is 6.70. The van der Waals surface area contributed by atoms with Crippen molar-refractivity contribution in [1.29, 1.82) is 0 Å². The van der Waals surface area contributed by atoms with Crippen molar-refractivity contribution in [3.05, 3.63) is 11.6 Å². The quantitative estimate of drug-likeness (QED) is 0.672. The van der Waals surface area contributed by atoms with Gasteiger partial charge in [0.15, 0.2) is 0 Å². The number of fused-ring (bicyclic) bond motifs is 2. The van der Waals surface area contributed by atoms with Crippen LogP contribution in [0.15, 0.2) is 11.6 Å². The van der Waals surface area contributed by atoms with Gasteiger partial charge in [0, 0.05) is 0 Å². The van der Waals surface area contributed by atoms with Crippen molar-refractivity contribution in [3.63, 3.8) is 0 Å². The summed E-state index contributed by atoms with van der Waals surface area (Å²) < 4.78 is 11.9. The lowest BCUT2D eigenvalue weighted by atomic mass is 9.62. The standard InChI is InChI=1S/C15H24O3/c1-10-12-5-4-11-8-17-9-13(11)18-15(12,3)7-6-14(10,2)16/h4,10,12-13,16H,5-9H2,1-3H3/t10-,12+,13+,14-,15+/m1/s1. The first-order valence-electron chi connectivity index (χ1n) is 7.09. The van der Waals surface area contributed by atoms with Crippen LogP contribution >= 0.6 is 0 Å². The Kier molecular flexibility index (Phi) is 2.85. The molecule has 0 spiro atoms. The van der Waals surface area contributed by atoms with Gasteiger partial charge < -0.3 is 14.6 Å². The highest BCUT2D eigenvalue weighted by atomic mass is 16.6. The van der Waals surface area contributed by atoms with Crippen LogP contribution in [0, 0.1) is 11.8 Å². The van der Waals surface area contributed by atoms with Crippen LogP contribution in [-0.2, 0) is 9.47 Å². The van der Waals surface area contributed by atoms with E-state index in [0.29, 0.717) is 12.5 Å². The second-order valence-corrected chi connectivity index (χ2v) is 6.70. The first-order chi connectivity index (χ1) is 8.42. The monoisotopic (exact) mass is 252 g/mol. The van der Waals surface area contributed by atoms with Gasteiger partial charge in [-0.2, -0.15) is 0 Å². The number of ether oxygens (including phenoxy) is 2. The predicted molar refractivity (Wildman–Crippen MR) is 69.3 cm³/mol. The smallest absolute Gasteiger partial charge is 0.105 e. The molecule has 1 saturated heterocycles. The summed E-state index contributed by atoms with van der Waals surface area (Å²) in [4.78, 5) is 0. The summed E-state index contributed by atoms with van der Waals surface area (Å²) in [6.07, 6.45) is 5.21. The highest BCUT2D eigenvalue weighted by Crippen LogP contribution is 2.49. The van der Waals surface area contributed by atoms with E-state index in [1.165, 1.54) is 5.57 Å². The molecule has 18 heavy (non-hydrogen) atoms. The Labute approximate surface area is 109 Å². The first kappa shape index (κ1) is 12.6. The third-order valence-electron chi connectivity index (χ3n) is 5.49. The summed E-state index contributed by atoms with van der Waals surface area (Å²) >= 11 is 0. The van der Waals surface area contributed by atoms with Crippen LogP contribution in [0.5, 0.6) is 0 Å². The molecule has 1 N–H and O–H groups in total. The number of aliphatic hydroxyl groups is 1. The maximum atomic E-state index is 10.5. The lowest BCUT2D eigenvalue weighted by Crippen LogP contribution is -2.54. The van der Waals surface area contributed by atoms with Gasteiger partial charge in [-0.25, -0.2) is 0 Å². The molecule has 1 aliphatic carbocycles. The minimum atomic E-state index is -0.554. The molecule has 3 heteroatoms. The molecule has 1 saturated carbocycles. The molecular formula is C15H24O3. The van der Waals surface area contributed by atoms with Crippen molar-refractivity contribution in [2.45, 2.75) is 57.3 Å². The van der Waals surface area contributed by atoms with E-state index in [9.17, 15) is 5.11 Å². The third kappa shape index (κ3) is 1.84. The highest BCUT2D eigenvalue weighted by molar-refractivity contribution is 5.18. The number of allylic oxidation sites excluding steroid dienone is 1. The van der Waals surface area contributed by atoms with E-state index in [1.807, 2.05) is 6.92 Å². The molecule has 102 valence electrons. The van der Waals surface area contributed by atoms with Gasteiger partial charge >= 0.3 is 0 Å². The Morgan fingerprint density at radius 3 is 2.89 bits per heavy atom. The molecular weight excluding hydrogens is 228 g/mol. The molecule has 2 fully saturated rings. The normalized spacial score (nSPS) is 52.2. The van der Waals surface area contributed by atoms with Crippen molar-refractivity contribution in [1.82, 2.24) is 0 Å². The molecule has 0 unspecified atom stereocenters. The Hall–Kier alpha value is -0.380. The Balaban J connectivity index is 1.90. The third-order valence-corrected chi connectivity index (χ3v) is 5.49. The van der Waals surface area contributed by atoms with Crippen molar-refractivity contribution in [3.8, 4) is 0 Å². The van der Waals surface area contributed by atoms with Crippen LogP contribution in [0.25, 0.3) is 0 Å². The molecule has 0 radical (unpaired) electrons. The molecule has 3 rings (SSSR count). The van der Waals surface area contributed by atoms with Gasteiger partial charge in [0.1, 0.15) is 6.10 Å². The molecule has 3 aliphatic rings. The summed E-state index contributed by atoms with van der Waals surface area (Å²) in [5, 5.41) is 10.5. The molecule has 0 aromatic rings. The lowest BCUT2D eigenvalue weighted by Gasteiger charge is -2.51. The first-order valence-corrected chi connectivity index (χ1v) is 7.09. The predicted octanol–water partition coefficient (Wildman–Crippen LogP) is 2.29. The van der Waals surface area contributed by atoms with E-state index in [4.69, 9.17) is 9.47 Å². The summed E-state index contributed by atoms with van der Waals surface area (Å²) in [5.74, 6) is 0.673. The van der Waals surface area contributed by atoms with Crippen LogP contribution in [0.4, 0.5) is 0 Å². The number of hydrogen-bond acceptors (Lipinski definition) is 3. The molecule has 0 aromatic carbocycles. The molecule has 0 aromatic heterocycles. The molecule has 3 nitrogen and oxygen atoms in total. The Bertz CT molecular complexity index is 374. The largest absolute Gasteiger partial charge is 0.390 e. The van der Waals surface area contributed by atoms with Gasteiger partial charge in [-0.3, -0.25) is 0 Å². The van der Waals surface area contributed by atoms with Gasteiger partial charge in [-0.1, -0.05) is 13.0 Å². The summed E-state index contributed by atoms with van der Waals surface area (Å²) in [7, 11) is 0. The SMILES string of the molecule is C[C@@H]1[C@@H]2CC=C3COC[C@@H]3O[C@@]2(C)CC[C@@]1(C)O. The fourth-order valence-electron chi connectivity index (χ4n) is 3.86. The fraction of sp³-hybridized carbons (Fsp3) is 0.867. The van der Waals surface area contributed by atoms with E-state index in [0.717, 1.165) is 25.9 Å². The molecule has 0 amide bonds. The van der Waals surface area contributed by atoms with Gasteiger partial charge in [0.2, 0.25) is 0 Å². The van der Waals surface area contributed by atoms with Crippen molar-refractivity contribution in [2.24, 2.45) is 11.8 Å². The van der Waals surface area contributed by atoms with Gasteiger partial charge in [-0.05, 0) is 50.5 Å². The average molecular weight is 252 g/mol. The second kappa shape index (κ2) is 4.06. The van der Waals surface area contributed by atoms with Gasteiger partial charge in [0.25, 0.3) is 0 Å². The van der Waals surface area contributed by atoms with E-state index >= 15 is 0 Å². The molecule has 2 heterocycles. The van der Waals surface area contributed by atoms with Crippen molar-refractivity contribution >= 4 is 0 Å². The van der Waals surface area contributed by atoms with Crippen LogP contribution in [0.3, 0.4) is 0 Å². The minimum Gasteiger partial charge on any atom is -0.390 e. The average Bonchev–Trinajstić information content (AvgIpc) is 2.67. The van der Waals surface area contributed by atoms with Crippen LogP contribution < -0.4 is 0 Å². The maximum Gasteiger partial charge on any atom is 0.105 e. The van der Waals surface area contributed by atoms with Crippen molar-refractivity contribution < 1.29 is 14.6 Å². The van der Waals surface area contributed by atoms with Crippen molar-refractivity contribution in [2.75, 3.05) is 13.2 Å². The van der Waals surface area contributed by atoms with Crippen LogP contribution in [-0.4, -0.2) is 35.6 Å². The Morgan fingerprint density at radius 1 is 1.33 bits per heavy atom. The van der Waals surface area contributed by atoms with E-state index in [-0.39, 0.29) is 17.6 Å². The molecule has 2 aliphatic heterocycles. The van der Waals surface area contributed by atoms with E-state index in [2.05, 4.69) is 19.9 Å². The molecule has 0 bridgehead atoms. The zero-order chi connectivity index (χ0) is 13.0. The summed E-state index contributed by atoms with van der Waals surface area (Å²) in [6, 6.07) is 0. The molecule has 5 atom stereocenters. The zero-order valence-corrected chi connectivity index (χ0v) is 11.6. The number of rotatable bonds is 0. The van der Waals surface area contributed by atoms with E-state index < -0.39 is 5.60 Å². The van der Waals surface area contributed by atoms with E-state index in [1.54, 1.807) is 0 Å². The zero-order valence-electron chi connectivity index (χ0n) is 11.6. The number of hydrogen-bond donors (Lipinski definition) is 1. The topological polar surface area (TPSA) is 38.7 Å².